The number of nitrogens with one attached hydrogen (secondary N) is 2. The number of hydrogen-bond acceptors (Lipinski definition) is 3. The van der Waals surface area contributed by atoms with Crippen LogP contribution >= 0.6 is 0 Å². The number of rotatable bonds is 2. The summed E-state index contributed by atoms with van der Waals surface area (Å²) in [5.74, 6) is -0.239. The number of H-pyrrole nitrogens is 1. The molecule has 2 aromatic heterocycles. The third-order valence-electron chi connectivity index (χ3n) is 3.83. The molecular formula is C19H19N3O2. The molecule has 0 aliphatic rings. The van der Waals surface area contributed by atoms with Crippen LogP contribution in [-0.4, -0.2) is 15.9 Å². The van der Waals surface area contributed by atoms with Gasteiger partial charge in [0, 0.05) is 29.5 Å². The van der Waals surface area contributed by atoms with Crippen molar-refractivity contribution in [1.29, 1.82) is 0 Å². The van der Waals surface area contributed by atoms with Crippen LogP contribution in [0.1, 0.15) is 36.7 Å². The highest BCUT2D eigenvalue weighted by Crippen LogP contribution is 2.29. The molecule has 0 radical (unpaired) electrons. The van der Waals surface area contributed by atoms with E-state index in [1.165, 1.54) is 6.20 Å². The van der Waals surface area contributed by atoms with Crippen LogP contribution in [0.3, 0.4) is 0 Å². The van der Waals surface area contributed by atoms with Crippen LogP contribution < -0.4 is 10.9 Å². The van der Waals surface area contributed by atoms with Crippen molar-refractivity contribution < 1.29 is 4.79 Å². The lowest BCUT2D eigenvalue weighted by Crippen LogP contribution is -2.17. The van der Waals surface area contributed by atoms with Crippen molar-refractivity contribution in [2.75, 3.05) is 5.32 Å². The average Bonchev–Trinajstić information content (AvgIpc) is 2.53. The van der Waals surface area contributed by atoms with Crippen molar-refractivity contribution in [3.05, 3.63) is 70.3 Å². The van der Waals surface area contributed by atoms with Crippen LogP contribution in [0.15, 0.2) is 53.6 Å². The number of carbonyl (C=O) groups excluding carboxylic acids is 1. The molecule has 0 spiro atoms. The van der Waals surface area contributed by atoms with Gasteiger partial charge < -0.3 is 10.3 Å². The SMILES string of the molecule is CC(C)(C)c1cc(=O)[nH]c2cc(NC(=O)c3cccnc3)ccc12. The van der Waals surface area contributed by atoms with Crippen LogP contribution in [0, 0.1) is 0 Å². The van der Waals surface area contributed by atoms with E-state index in [0.29, 0.717) is 16.8 Å². The zero-order valence-corrected chi connectivity index (χ0v) is 13.9. The highest BCUT2D eigenvalue weighted by molar-refractivity contribution is 6.04. The summed E-state index contributed by atoms with van der Waals surface area (Å²) in [7, 11) is 0. The van der Waals surface area contributed by atoms with Gasteiger partial charge in [0.15, 0.2) is 0 Å². The Morgan fingerprint density at radius 3 is 2.62 bits per heavy atom. The molecule has 1 aromatic carbocycles. The lowest BCUT2D eigenvalue weighted by atomic mass is 9.85. The van der Waals surface area contributed by atoms with E-state index in [1.54, 1.807) is 30.5 Å². The van der Waals surface area contributed by atoms with E-state index in [0.717, 1.165) is 10.9 Å². The van der Waals surface area contributed by atoms with Crippen LogP contribution in [0.25, 0.3) is 10.9 Å². The minimum absolute atomic E-state index is 0.146. The molecule has 5 nitrogen and oxygen atoms in total. The van der Waals surface area contributed by atoms with Gasteiger partial charge in [-0.3, -0.25) is 14.6 Å². The summed E-state index contributed by atoms with van der Waals surface area (Å²) in [6.07, 6.45) is 3.13. The Kier molecular flexibility index (Phi) is 3.93. The first-order chi connectivity index (χ1) is 11.3. The standard InChI is InChI=1S/C19H19N3O2/c1-19(2,3)15-10-17(23)22-16-9-13(6-7-14(15)16)21-18(24)12-5-4-8-20-11-12/h4-11H,1-3H3,(H,21,24)(H,22,23). The summed E-state index contributed by atoms with van der Waals surface area (Å²) in [6.45, 7) is 6.21. The molecule has 3 aromatic rings. The second kappa shape index (κ2) is 5.92. The van der Waals surface area contributed by atoms with Gasteiger partial charge in [0.1, 0.15) is 0 Å². The first-order valence-electron chi connectivity index (χ1n) is 7.73. The number of aromatic nitrogens is 2. The molecule has 3 rings (SSSR count). The largest absolute Gasteiger partial charge is 0.322 e. The normalized spacial score (nSPS) is 11.5. The number of aromatic amines is 1. The second-order valence-electron chi connectivity index (χ2n) is 6.75. The molecule has 5 heteroatoms. The molecule has 0 atom stereocenters. The van der Waals surface area contributed by atoms with Gasteiger partial charge in [0.2, 0.25) is 5.56 Å². The molecule has 122 valence electrons. The Labute approximate surface area is 139 Å². The Hall–Kier alpha value is -2.95. The summed E-state index contributed by atoms with van der Waals surface area (Å²) in [5, 5.41) is 3.80. The van der Waals surface area contributed by atoms with Crippen molar-refractivity contribution in [2.24, 2.45) is 0 Å². The summed E-state index contributed by atoms with van der Waals surface area (Å²) < 4.78 is 0. The van der Waals surface area contributed by atoms with Crippen LogP contribution in [-0.2, 0) is 5.41 Å². The molecule has 2 N–H and O–H groups in total. The Bertz CT molecular complexity index is 954. The number of amides is 1. The van der Waals surface area contributed by atoms with Crippen LogP contribution in [0.4, 0.5) is 5.69 Å². The number of hydrogen-bond donors (Lipinski definition) is 2. The Morgan fingerprint density at radius 1 is 1.17 bits per heavy atom. The van der Waals surface area contributed by atoms with Gasteiger partial charge in [-0.2, -0.15) is 0 Å². The molecule has 0 aliphatic heterocycles. The van der Waals surface area contributed by atoms with Gasteiger partial charge in [-0.25, -0.2) is 0 Å². The Balaban J connectivity index is 2.00. The maximum Gasteiger partial charge on any atom is 0.257 e. The molecule has 0 saturated heterocycles. The van der Waals surface area contributed by atoms with E-state index >= 15 is 0 Å². The number of nitrogens with zero attached hydrogens (tertiary/aromatic N) is 1. The molecule has 0 aliphatic carbocycles. The van der Waals surface area contributed by atoms with E-state index in [2.05, 4.69) is 36.1 Å². The van der Waals surface area contributed by atoms with Crippen molar-refractivity contribution in [1.82, 2.24) is 9.97 Å². The third kappa shape index (κ3) is 3.20. The predicted molar refractivity (Wildman–Crippen MR) is 95.5 cm³/mol. The highest BCUT2D eigenvalue weighted by Gasteiger charge is 2.18. The lowest BCUT2D eigenvalue weighted by molar-refractivity contribution is 0.102. The average molecular weight is 321 g/mol. The molecule has 0 saturated carbocycles. The van der Waals surface area contributed by atoms with Gasteiger partial charge in [-0.05, 0) is 35.2 Å². The zero-order chi connectivity index (χ0) is 17.3. The fourth-order valence-electron chi connectivity index (χ4n) is 2.66. The van der Waals surface area contributed by atoms with E-state index in [9.17, 15) is 9.59 Å². The molecule has 0 fully saturated rings. The predicted octanol–water partition coefficient (Wildman–Crippen LogP) is 3.47. The second-order valence-corrected chi connectivity index (χ2v) is 6.75. The van der Waals surface area contributed by atoms with Gasteiger partial charge in [0.25, 0.3) is 5.91 Å². The van der Waals surface area contributed by atoms with Crippen LogP contribution in [0.2, 0.25) is 0 Å². The number of benzene rings is 1. The molecule has 2 heterocycles. The minimum atomic E-state index is -0.239. The quantitative estimate of drug-likeness (QED) is 0.759. The topological polar surface area (TPSA) is 74.8 Å². The summed E-state index contributed by atoms with van der Waals surface area (Å²) in [6, 6.07) is 10.6. The maximum absolute atomic E-state index is 12.2. The van der Waals surface area contributed by atoms with E-state index in [1.807, 2.05) is 12.1 Å². The third-order valence-corrected chi connectivity index (χ3v) is 3.83. The van der Waals surface area contributed by atoms with Crippen molar-refractivity contribution >= 4 is 22.5 Å². The van der Waals surface area contributed by atoms with Crippen molar-refractivity contribution in [3.63, 3.8) is 0 Å². The molecule has 0 unspecified atom stereocenters. The summed E-state index contributed by atoms with van der Waals surface area (Å²) in [5.41, 5.74) is 2.49. The monoisotopic (exact) mass is 321 g/mol. The van der Waals surface area contributed by atoms with E-state index < -0.39 is 0 Å². The molecular weight excluding hydrogens is 302 g/mol. The minimum Gasteiger partial charge on any atom is -0.322 e. The molecule has 0 bridgehead atoms. The lowest BCUT2D eigenvalue weighted by Gasteiger charge is -2.21. The number of anilines is 1. The van der Waals surface area contributed by atoms with Crippen LogP contribution in [0.5, 0.6) is 0 Å². The fourth-order valence-corrected chi connectivity index (χ4v) is 2.66. The molecule has 24 heavy (non-hydrogen) atoms. The Morgan fingerprint density at radius 2 is 1.96 bits per heavy atom. The van der Waals surface area contributed by atoms with Gasteiger partial charge in [0.05, 0.1) is 11.1 Å². The van der Waals surface area contributed by atoms with Crippen molar-refractivity contribution in [3.8, 4) is 0 Å². The van der Waals surface area contributed by atoms with E-state index in [4.69, 9.17) is 0 Å². The first kappa shape index (κ1) is 15.9. The van der Waals surface area contributed by atoms with E-state index in [-0.39, 0.29) is 16.9 Å². The fraction of sp³-hybridized carbons (Fsp3) is 0.211. The zero-order valence-electron chi connectivity index (χ0n) is 13.9. The number of pyridine rings is 2. The summed E-state index contributed by atoms with van der Waals surface area (Å²) >= 11 is 0. The van der Waals surface area contributed by atoms with Crippen molar-refractivity contribution in [2.45, 2.75) is 26.2 Å². The summed E-state index contributed by atoms with van der Waals surface area (Å²) in [4.78, 5) is 31.0. The highest BCUT2D eigenvalue weighted by atomic mass is 16.1. The maximum atomic E-state index is 12.2. The van der Waals surface area contributed by atoms with Gasteiger partial charge in [-0.1, -0.05) is 26.8 Å². The smallest absolute Gasteiger partial charge is 0.257 e. The van der Waals surface area contributed by atoms with Gasteiger partial charge in [-0.15, -0.1) is 0 Å². The number of carbonyl (C=O) groups is 1. The van der Waals surface area contributed by atoms with Gasteiger partial charge >= 0.3 is 0 Å². The molecule has 1 amide bonds. The first-order valence-corrected chi connectivity index (χ1v) is 7.73. The number of fused-ring (bicyclic) bond motifs is 1.